The minimum absolute atomic E-state index is 0.190. The van der Waals surface area contributed by atoms with Gasteiger partial charge in [-0.2, -0.15) is 0 Å². The Hall–Kier alpha value is -0.610. The van der Waals surface area contributed by atoms with Gasteiger partial charge in [0.15, 0.2) is 0 Å². The minimum atomic E-state index is -0.821. The Labute approximate surface area is 65.3 Å². The van der Waals surface area contributed by atoms with Gasteiger partial charge in [-0.25, -0.2) is 0 Å². The van der Waals surface area contributed by atoms with E-state index in [2.05, 4.69) is 0 Å². The van der Waals surface area contributed by atoms with E-state index in [0.717, 1.165) is 0 Å². The number of carbonyl (C=O) groups is 1. The largest absolute Gasteiger partial charge is 0.481 e. The van der Waals surface area contributed by atoms with Crippen molar-refractivity contribution in [1.29, 1.82) is 0 Å². The third-order valence-electron chi connectivity index (χ3n) is 2.24. The van der Waals surface area contributed by atoms with E-state index < -0.39 is 11.9 Å². The van der Waals surface area contributed by atoms with Crippen LogP contribution in [0.2, 0.25) is 0 Å². The molecule has 4 nitrogen and oxygen atoms in total. The summed E-state index contributed by atoms with van der Waals surface area (Å²) >= 11 is 0. The number of ether oxygens (including phenoxy) is 1. The molecule has 1 fully saturated rings. The van der Waals surface area contributed by atoms with Crippen molar-refractivity contribution < 1.29 is 14.6 Å². The molecule has 0 spiro atoms. The standard InChI is InChI=1S/C7H13NO3/c1-7(3-11-4-7)5(2-8)6(9)10/h5H,2-4,8H2,1H3,(H,9,10). The molecule has 64 valence electrons. The lowest BCUT2D eigenvalue weighted by Crippen LogP contribution is -2.51. The van der Waals surface area contributed by atoms with Gasteiger partial charge in [0.2, 0.25) is 0 Å². The molecular formula is C7H13NO3. The van der Waals surface area contributed by atoms with Crippen LogP contribution < -0.4 is 5.73 Å². The maximum atomic E-state index is 10.6. The molecule has 0 saturated carbocycles. The molecule has 1 saturated heterocycles. The second-order valence-corrected chi connectivity index (χ2v) is 3.27. The second kappa shape index (κ2) is 2.79. The highest BCUT2D eigenvalue weighted by molar-refractivity contribution is 5.71. The Kier molecular flexibility index (Phi) is 2.15. The molecule has 1 atom stereocenters. The highest BCUT2D eigenvalue weighted by Crippen LogP contribution is 2.34. The Bertz CT molecular complexity index is 165. The summed E-state index contributed by atoms with van der Waals surface area (Å²) < 4.78 is 4.95. The van der Waals surface area contributed by atoms with Crippen LogP contribution in [0.25, 0.3) is 0 Å². The molecule has 0 aliphatic carbocycles. The summed E-state index contributed by atoms with van der Waals surface area (Å²) in [4.78, 5) is 10.6. The van der Waals surface area contributed by atoms with Crippen molar-refractivity contribution in [2.45, 2.75) is 6.92 Å². The maximum Gasteiger partial charge on any atom is 0.308 e. The zero-order chi connectivity index (χ0) is 8.48. The van der Waals surface area contributed by atoms with E-state index in [1.165, 1.54) is 0 Å². The van der Waals surface area contributed by atoms with Crippen LogP contribution in [-0.2, 0) is 9.53 Å². The van der Waals surface area contributed by atoms with Crippen LogP contribution in [0, 0.1) is 11.3 Å². The van der Waals surface area contributed by atoms with E-state index in [1.807, 2.05) is 6.92 Å². The highest BCUT2D eigenvalue weighted by Gasteiger charge is 2.44. The predicted octanol–water partition coefficient (Wildman–Crippen LogP) is -0.318. The van der Waals surface area contributed by atoms with Gasteiger partial charge in [-0.1, -0.05) is 6.92 Å². The molecule has 0 bridgehead atoms. The summed E-state index contributed by atoms with van der Waals surface area (Å²) in [5.74, 6) is -1.28. The highest BCUT2D eigenvalue weighted by atomic mass is 16.5. The molecule has 0 aromatic heterocycles. The number of rotatable bonds is 3. The van der Waals surface area contributed by atoms with E-state index in [4.69, 9.17) is 15.6 Å². The molecule has 0 radical (unpaired) electrons. The normalized spacial score (nSPS) is 23.8. The zero-order valence-electron chi connectivity index (χ0n) is 6.54. The van der Waals surface area contributed by atoms with E-state index in [-0.39, 0.29) is 12.0 Å². The summed E-state index contributed by atoms with van der Waals surface area (Å²) in [6.07, 6.45) is 0. The van der Waals surface area contributed by atoms with Gasteiger partial charge in [-0.05, 0) is 0 Å². The van der Waals surface area contributed by atoms with E-state index >= 15 is 0 Å². The SMILES string of the molecule is CC1(C(CN)C(=O)O)COC1. The Morgan fingerprint density at radius 3 is 2.45 bits per heavy atom. The molecule has 0 aromatic rings. The third kappa shape index (κ3) is 1.36. The predicted molar refractivity (Wildman–Crippen MR) is 39.1 cm³/mol. The second-order valence-electron chi connectivity index (χ2n) is 3.27. The molecule has 1 aliphatic heterocycles. The average molecular weight is 159 g/mol. The monoisotopic (exact) mass is 159 g/mol. The molecule has 0 amide bonds. The topological polar surface area (TPSA) is 72.6 Å². The first-order valence-electron chi connectivity index (χ1n) is 3.61. The van der Waals surface area contributed by atoms with Gasteiger partial charge in [0, 0.05) is 12.0 Å². The number of hydrogen-bond donors (Lipinski definition) is 2. The fourth-order valence-electron chi connectivity index (χ4n) is 1.31. The van der Waals surface area contributed by atoms with Gasteiger partial charge >= 0.3 is 5.97 Å². The molecule has 0 aromatic carbocycles. The number of carboxylic acid groups (broad SMARTS) is 1. The number of nitrogens with two attached hydrogens (primary N) is 1. The first kappa shape index (κ1) is 8.49. The fourth-order valence-corrected chi connectivity index (χ4v) is 1.31. The zero-order valence-corrected chi connectivity index (χ0v) is 6.54. The Morgan fingerprint density at radius 1 is 1.82 bits per heavy atom. The fraction of sp³-hybridized carbons (Fsp3) is 0.857. The van der Waals surface area contributed by atoms with Crippen LogP contribution >= 0.6 is 0 Å². The molecule has 1 heterocycles. The van der Waals surface area contributed by atoms with Crippen molar-refractivity contribution >= 4 is 5.97 Å². The first-order chi connectivity index (χ1) is 5.10. The molecule has 1 aliphatic rings. The average Bonchev–Trinajstić information content (AvgIpc) is 1.85. The molecule has 3 N–H and O–H groups in total. The minimum Gasteiger partial charge on any atom is -0.481 e. The van der Waals surface area contributed by atoms with Gasteiger partial charge in [-0.3, -0.25) is 4.79 Å². The summed E-state index contributed by atoms with van der Waals surface area (Å²) in [6.45, 7) is 3.11. The Morgan fingerprint density at radius 2 is 2.36 bits per heavy atom. The Balaban J connectivity index is 2.60. The van der Waals surface area contributed by atoms with Crippen LogP contribution in [0.5, 0.6) is 0 Å². The summed E-state index contributed by atoms with van der Waals surface area (Å²) in [5, 5.41) is 8.74. The van der Waals surface area contributed by atoms with E-state index in [0.29, 0.717) is 13.2 Å². The van der Waals surface area contributed by atoms with Crippen molar-refractivity contribution in [3.05, 3.63) is 0 Å². The van der Waals surface area contributed by atoms with E-state index in [1.54, 1.807) is 0 Å². The van der Waals surface area contributed by atoms with Crippen LogP contribution in [-0.4, -0.2) is 30.8 Å². The lowest BCUT2D eigenvalue weighted by molar-refractivity contribution is -0.169. The molecule has 1 unspecified atom stereocenters. The molecule has 11 heavy (non-hydrogen) atoms. The van der Waals surface area contributed by atoms with Crippen molar-refractivity contribution in [3.63, 3.8) is 0 Å². The van der Waals surface area contributed by atoms with Crippen LogP contribution in [0.15, 0.2) is 0 Å². The maximum absolute atomic E-state index is 10.6. The van der Waals surface area contributed by atoms with Gasteiger partial charge in [0.25, 0.3) is 0 Å². The quantitative estimate of drug-likeness (QED) is 0.592. The summed E-state index contributed by atoms with van der Waals surface area (Å²) in [7, 11) is 0. The molecule has 1 rings (SSSR count). The number of aliphatic carboxylic acids is 1. The summed E-state index contributed by atoms with van der Waals surface area (Å²) in [6, 6.07) is 0. The van der Waals surface area contributed by atoms with Crippen molar-refractivity contribution in [2.24, 2.45) is 17.1 Å². The van der Waals surface area contributed by atoms with Crippen molar-refractivity contribution in [1.82, 2.24) is 0 Å². The third-order valence-corrected chi connectivity index (χ3v) is 2.24. The van der Waals surface area contributed by atoms with Gasteiger partial charge in [0.1, 0.15) is 0 Å². The van der Waals surface area contributed by atoms with Gasteiger partial charge in [-0.15, -0.1) is 0 Å². The lowest BCUT2D eigenvalue weighted by Gasteiger charge is -2.41. The smallest absolute Gasteiger partial charge is 0.308 e. The van der Waals surface area contributed by atoms with Crippen molar-refractivity contribution in [3.8, 4) is 0 Å². The van der Waals surface area contributed by atoms with Crippen LogP contribution in [0.4, 0.5) is 0 Å². The van der Waals surface area contributed by atoms with Gasteiger partial charge in [0.05, 0.1) is 19.1 Å². The first-order valence-corrected chi connectivity index (χ1v) is 3.61. The number of carboxylic acids is 1. The van der Waals surface area contributed by atoms with Crippen LogP contribution in [0.1, 0.15) is 6.92 Å². The lowest BCUT2D eigenvalue weighted by atomic mass is 9.75. The molecule has 4 heteroatoms. The number of hydrogen-bond acceptors (Lipinski definition) is 3. The van der Waals surface area contributed by atoms with E-state index in [9.17, 15) is 4.79 Å². The summed E-state index contributed by atoms with van der Waals surface area (Å²) in [5.41, 5.74) is 5.10. The van der Waals surface area contributed by atoms with Crippen LogP contribution in [0.3, 0.4) is 0 Å². The van der Waals surface area contributed by atoms with Crippen molar-refractivity contribution in [2.75, 3.05) is 19.8 Å². The van der Waals surface area contributed by atoms with Gasteiger partial charge < -0.3 is 15.6 Å². The molecular weight excluding hydrogens is 146 g/mol.